The zero-order chi connectivity index (χ0) is 16.9. The Morgan fingerprint density at radius 2 is 1.77 bits per heavy atom. The molecule has 0 unspecified atom stereocenters. The Balaban J connectivity index is 2.59. The van der Waals surface area contributed by atoms with E-state index in [4.69, 9.17) is 4.74 Å². The Bertz CT molecular complexity index is 379. The molecule has 0 spiro atoms. The van der Waals surface area contributed by atoms with Crippen molar-refractivity contribution in [3.8, 4) is 0 Å². The summed E-state index contributed by atoms with van der Waals surface area (Å²) in [6, 6.07) is -0.573. The standard InChI is InChI=1S/C18H33NO3/c1-11(2)10-22-18(21)14(6)19-17(20)16-9-13(5)7-8-15(16)12(3)4/h11-16H,7-10H2,1-6H3,(H,19,20)/t13-,14-,15+,16-/m1/s1. The van der Waals surface area contributed by atoms with Crippen LogP contribution in [0.3, 0.4) is 0 Å². The molecular weight excluding hydrogens is 278 g/mol. The number of carbonyl (C=O) groups excluding carboxylic acids is 2. The molecule has 0 saturated heterocycles. The second-order valence-corrected chi connectivity index (χ2v) is 7.69. The van der Waals surface area contributed by atoms with Crippen LogP contribution in [0, 0.1) is 29.6 Å². The van der Waals surface area contributed by atoms with Gasteiger partial charge in [0, 0.05) is 5.92 Å². The monoisotopic (exact) mass is 311 g/mol. The molecule has 1 rings (SSSR count). The van der Waals surface area contributed by atoms with Crippen molar-refractivity contribution in [3.05, 3.63) is 0 Å². The van der Waals surface area contributed by atoms with Gasteiger partial charge in [0.2, 0.25) is 5.91 Å². The summed E-state index contributed by atoms with van der Waals surface area (Å²) in [5.41, 5.74) is 0. The minimum absolute atomic E-state index is 0.0132. The molecular formula is C18H33NO3. The number of ether oxygens (including phenoxy) is 1. The Hall–Kier alpha value is -1.06. The molecule has 1 saturated carbocycles. The third-order valence-electron chi connectivity index (χ3n) is 4.63. The molecule has 0 radical (unpaired) electrons. The average molecular weight is 311 g/mol. The molecule has 128 valence electrons. The molecule has 1 fully saturated rings. The fraction of sp³-hybridized carbons (Fsp3) is 0.889. The second-order valence-electron chi connectivity index (χ2n) is 7.69. The summed E-state index contributed by atoms with van der Waals surface area (Å²) in [4.78, 5) is 24.5. The molecule has 1 amide bonds. The fourth-order valence-corrected chi connectivity index (χ4v) is 3.26. The molecule has 1 aliphatic carbocycles. The van der Waals surface area contributed by atoms with E-state index >= 15 is 0 Å². The van der Waals surface area contributed by atoms with Crippen molar-refractivity contribution in [2.75, 3.05) is 6.61 Å². The Morgan fingerprint density at radius 1 is 1.14 bits per heavy atom. The molecule has 0 aromatic rings. The van der Waals surface area contributed by atoms with Crippen LogP contribution in [0.2, 0.25) is 0 Å². The van der Waals surface area contributed by atoms with Gasteiger partial charge in [-0.15, -0.1) is 0 Å². The van der Waals surface area contributed by atoms with E-state index in [-0.39, 0.29) is 17.8 Å². The van der Waals surface area contributed by atoms with E-state index < -0.39 is 6.04 Å². The highest BCUT2D eigenvalue weighted by atomic mass is 16.5. The molecule has 1 N–H and O–H groups in total. The molecule has 0 heterocycles. The first-order chi connectivity index (χ1) is 10.2. The van der Waals surface area contributed by atoms with E-state index in [1.807, 2.05) is 13.8 Å². The lowest BCUT2D eigenvalue weighted by Crippen LogP contribution is -2.46. The molecule has 4 atom stereocenters. The molecule has 0 aromatic heterocycles. The minimum Gasteiger partial charge on any atom is -0.464 e. The van der Waals surface area contributed by atoms with E-state index in [0.29, 0.717) is 30.3 Å². The van der Waals surface area contributed by atoms with E-state index in [0.717, 1.165) is 12.8 Å². The van der Waals surface area contributed by atoms with Crippen LogP contribution in [-0.4, -0.2) is 24.5 Å². The maximum Gasteiger partial charge on any atom is 0.328 e. The van der Waals surface area contributed by atoms with Crippen molar-refractivity contribution < 1.29 is 14.3 Å². The van der Waals surface area contributed by atoms with Crippen molar-refractivity contribution in [3.63, 3.8) is 0 Å². The van der Waals surface area contributed by atoms with Gasteiger partial charge in [0.05, 0.1) is 6.61 Å². The van der Waals surface area contributed by atoms with Crippen LogP contribution in [0.15, 0.2) is 0 Å². The second kappa shape index (κ2) is 8.54. The van der Waals surface area contributed by atoms with E-state index in [1.165, 1.54) is 6.42 Å². The number of carbonyl (C=O) groups is 2. The van der Waals surface area contributed by atoms with Crippen molar-refractivity contribution in [2.24, 2.45) is 29.6 Å². The zero-order valence-electron chi connectivity index (χ0n) is 15.0. The fourth-order valence-electron chi connectivity index (χ4n) is 3.26. The maximum atomic E-state index is 12.6. The van der Waals surface area contributed by atoms with Crippen molar-refractivity contribution in [1.82, 2.24) is 5.32 Å². The van der Waals surface area contributed by atoms with Gasteiger partial charge in [-0.25, -0.2) is 4.79 Å². The smallest absolute Gasteiger partial charge is 0.328 e. The number of nitrogens with one attached hydrogen (secondary N) is 1. The Kier molecular flexibility index (Phi) is 7.37. The molecule has 0 bridgehead atoms. The highest BCUT2D eigenvalue weighted by Crippen LogP contribution is 2.38. The molecule has 4 nitrogen and oxygen atoms in total. The SMILES string of the molecule is CC(C)COC(=O)[C@@H](C)NC(=O)[C@@H]1C[C@H](C)CC[C@H]1C(C)C. The zero-order valence-corrected chi connectivity index (χ0v) is 15.0. The van der Waals surface area contributed by atoms with Crippen molar-refractivity contribution in [2.45, 2.75) is 66.8 Å². The van der Waals surface area contributed by atoms with E-state index in [1.54, 1.807) is 6.92 Å². The number of rotatable bonds is 6. The normalized spacial score (nSPS) is 26.8. The first-order valence-electron chi connectivity index (χ1n) is 8.69. The van der Waals surface area contributed by atoms with Gasteiger partial charge in [-0.2, -0.15) is 0 Å². The predicted octanol–water partition coefficient (Wildman–Crippen LogP) is 3.40. The largest absolute Gasteiger partial charge is 0.464 e. The predicted molar refractivity (Wildman–Crippen MR) is 88.2 cm³/mol. The first kappa shape index (κ1) is 19.0. The van der Waals surface area contributed by atoms with Crippen LogP contribution in [-0.2, 0) is 14.3 Å². The van der Waals surface area contributed by atoms with Crippen molar-refractivity contribution in [1.29, 1.82) is 0 Å². The summed E-state index contributed by atoms with van der Waals surface area (Å²) < 4.78 is 5.20. The summed E-state index contributed by atoms with van der Waals surface area (Å²) in [7, 11) is 0. The third-order valence-corrected chi connectivity index (χ3v) is 4.63. The van der Waals surface area contributed by atoms with Crippen LogP contribution in [0.4, 0.5) is 0 Å². The highest BCUT2D eigenvalue weighted by molar-refractivity contribution is 5.85. The summed E-state index contributed by atoms with van der Waals surface area (Å²) in [6.07, 6.45) is 3.21. The molecule has 1 aliphatic rings. The summed E-state index contributed by atoms with van der Waals surface area (Å²) >= 11 is 0. The summed E-state index contributed by atoms with van der Waals surface area (Å²) in [5.74, 6) is 1.47. The highest BCUT2D eigenvalue weighted by Gasteiger charge is 2.36. The van der Waals surface area contributed by atoms with Crippen LogP contribution < -0.4 is 5.32 Å². The number of amides is 1. The van der Waals surface area contributed by atoms with Gasteiger partial charge in [-0.05, 0) is 43.4 Å². The number of hydrogen-bond acceptors (Lipinski definition) is 3. The van der Waals surface area contributed by atoms with Gasteiger partial charge < -0.3 is 10.1 Å². The molecule has 22 heavy (non-hydrogen) atoms. The summed E-state index contributed by atoms with van der Waals surface area (Å²) in [5, 5.41) is 2.87. The number of esters is 1. The van der Waals surface area contributed by atoms with E-state index in [2.05, 4.69) is 26.1 Å². The van der Waals surface area contributed by atoms with Gasteiger partial charge >= 0.3 is 5.97 Å². The van der Waals surface area contributed by atoms with Gasteiger partial charge in [0.25, 0.3) is 0 Å². The molecule has 0 aromatic carbocycles. The van der Waals surface area contributed by atoms with Gasteiger partial charge in [-0.1, -0.05) is 41.0 Å². The van der Waals surface area contributed by atoms with Crippen LogP contribution in [0.5, 0.6) is 0 Å². The van der Waals surface area contributed by atoms with Gasteiger partial charge in [0.1, 0.15) is 6.04 Å². The van der Waals surface area contributed by atoms with Crippen LogP contribution in [0.1, 0.15) is 60.8 Å². The minimum atomic E-state index is -0.573. The molecule has 0 aliphatic heterocycles. The third kappa shape index (κ3) is 5.62. The quantitative estimate of drug-likeness (QED) is 0.765. The molecule has 4 heteroatoms. The maximum absolute atomic E-state index is 12.6. The van der Waals surface area contributed by atoms with Crippen LogP contribution >= 0.6 is 0 Å². The average Bonchev–Trinajstić information content (AvgIpc) is 2.43. The van der Waals surface area contributed by atoms with Gasteiger partial charge in [-0.3, -0.25) is 4.79 Å². The topological polar surface area (TPSA) is 55.4 Å². The number of hydrogen-bond donors (Lipinski definition) is 1. The van der Waals surface area contributed by atoms with Gasteiger partial charge in [0.15, 0.2) is 0 Å². The Labute approximate surface area is 135 Å². The summed E-state index contributed by atoms with van der Waals surface area (Å²) in [6.45, 7) is 12.7. The van der Waals surface area contributed by atoms with Crippen molar-refractivity contribution >= 4 is 11.9 Å². The lowest BCUT2D eigenvalue weighted by molar-refractivity contribution is -0.149. The lowest BCUT2D eigenvalue weighted by atomic mass is 9.69. The van der Waals surface area contributed by atoms with Crippen LogP contribution in [0.25, 0.3) is 0 Å². The Morgan fingerprint density at radius 3 is 2.32 bits per heavy atom. The van der Waals surface area contributed by atoms with E-state index in [9.17, 15) is 9.59 Å². The first-order valence-corrected chi connectivity index (χ1v) is 8.69. The lowest BCUT2D eigenvalue weighted by Gasteiger charge is -2.36.